The van der Waals surface area contributed by atoms with Crippen LogP contribution in [0.1, 0.15) is 57.7 Å². The molecule has 2 aromatic heterocycles. The van der Waals surface area contributed by atoms with Crippen LogP contribution in [0.5, 0.6) is 0 Å². The summed E-state index contributed by atoms with van der Waals surface area (Å²) in [5.41, 5.74) is 1.98. The molecule has 32 heavy (non-hydrogen) atoms. The maximum absolute atomic E-state index is 12.8. The summed E-state index contributed by atoms with van der Waals surface area (Å²) in [6, 6.07) is 10.9. The standard InChI is InChI=1S/C20H21N3O5.2C2H6/c1-13-19(22-28-20(13)16-9-10-21-27-16)14(12-18(25)26-3)11-17(24)23(2)15-7-5-4-6-8-15;2*1-2/h4-10,14H,11-12H2,1-3H3;2*1-2H3. The van der Waals surface area contributed by atoms with Crippen molar-refractivity contribution in [1.82, 2.24) is 10.3 Å². The number of hydrogen-bond acceptors (Lipinski definition) is 7. The quantitative estimate of drug-likeness (QED) is 0.451. The number of para-hydroxylation sites is 1. The minimum absolute atomic E-state index is 0.00802. The molecule has 3 rings (SSSR count). The molecule has 2 heterocycles. The number of aromatic nitrogens is 2. The van der Waals surface area contributed by atoms with Gasteiger partial charge in [-0.2, -0.15) is 0 Å². The van der Waals surface area contributed by atoms with Gasteiger partial charge in [0.25, 0.3) is 0 Å². The third-order valence-corrected chi connectivity index (χ3v) is 4.59. The van der Waals surface area contributed by atoms with Gasteiger partial charge in [0.2, 0.25) is 17.4 Å². The Labute approximate surface area is 189 Å². The molecule has 0 aliphatic heterocycles. The van der Waals surface area contributed by atoms with Gasteiger partial charge in [-0.3, -0.25) is 9.59 Å². The molecular weight excluding hydrogens is 410 g/mol. The van der Waals surface area contributed by atoms with Crippen LogP contribution in [-0.2, 0) is 14.3 Å². The fraction of sp³-hybridized carbons (Fsp3) is 0.417. The average Bonchev–Trinajstić information content (AvgIpc) is 3.50. The van der Waals surface area contributed by atoms with Crippen LogP contribution in [0, 0.1) is 6.92 Å². The third-order valence-electron chi connectivity index (χ3n) is 4.59. The van der Waals surface area contributed by atoms with E-state index in [4.69, 9.17) is 13.8 Å². The minimum atomic E-state index is -0.494. The molecule has 8 heteroatoms. The van der Waals surface area contributed by atoms with E-state index in [2.05, 4.69) is 10.3 Å². The topological polar surface area (TPSA) is 98.7 Å². The SMILES string of the molecule is CC.CC.COC(=O)CC(CC(=O)N(C)c1ccccc1)c1noc(-c2ccno2)c1C. The number of carbonyl (C=O) groups excluding carboxylic acids is 2. The first-order valence-electron chi connectivity index (χ1n) is 10.8. The second-order valence-electron chi connectivity index (χ2n) is 6.37. The molecule has 0 saturated heterocycles. The predicted molar refractivity (Wildman–Crippen MR) is 123 cm³/mol. The van der Waals surface area contributed by atoms with Gasteiger partial charge < -0.3 is 18.7 Å². The summed E-state index contributed by atoms with van der Waals surface area (Å²) in [6.07, 6.45) is 1.58. The highest BCUT2D eigenvalue weighted by Crippen LogP contribution is 2.33. The van der Waals surface area contributed by atoms with E-state index in [0.717, 1.165) is 5.69 Å². The first-order valence-corrected chi connectivity index (χ1v) is 10.8. The fourth-order valence-corrected chi connectivity index (χ4v) is 2.98. The number of amides is 1. The van der Waals surface area contributed by atoms with Gasteiger partial charge in [0, 0.05) is 36.7 Å². The number of nitrogens with zero attached hydrogens (tertiary/aromatic N) is 3. The van der Waals surface area contributed by atoms with Crippen LogP contribution in [0.2, 0.25) is 0 Å². The summed E-state index contributed by atoms with van der Waals surface area (Å²) in [5, 5.41) is 7.77. The zero-order valence-electron chi connectivity index (χ0n) is 19.9. The normalized spacial score (nSPS) is 10.7. The number of methoxy groups -OCH3 is 1. The van der Waals surface area contributed by atoms with Crippen molar-refractivity contribution in [2.75, 3.05) is 19.1 Å². The summed E-state index contributed by atoms with van der Waals surface area (Å²) in [7, 11) is 3.01. The van der Waals surface area contributed by atoms with Crippen molar-refractivity contribution in [3.8, 4) is 11.5 Å². The molecule has 0 bridgehead atoms. The van der Waals surface area contributed by atoms with Crippen LogP contribution >= 0.6 is 0 Å². The smallest absolute Gasteiger partial charge is 0.306 e. The number of rotatable bonds is 7. The van der Waals surface area contributed by atoms with Gasteiger partial charge in [0.05, 0.1) is 25.4 Å². The van der Waals surface area contributed by atoms with Gasteiger partial charge in [0.15, 0.2) is 0 Å². The van der Waals surface area contributed by atoms with Crippen molar-refractivity contribution in [1.29, 1.82) is 0 Å². The largest absolute Gasteiger partial charge is 0.469 e. The minimum Gasteiger partial charge on any atom is -0.469 e. The molecule has 0 radical (unpaired) electrons. The summed E-state index contributed by atoms with van der Waals surface area (Å²) >= 11 is 0. The average molecular weight is 444 g/mol. The molecule has 0 fully saturated rings. The van der Waals surface area contributed by atoms with Gasteiger partial charge in [-0.1, -0.05) is 56.2 Å². The summed E-state index contributed by atoms with van der Waals surface area (Å²) in [5.74, 6) is -0.217. The summed E-state index contributed by atoms with van der Waals surface area (Å²) in [4.78, 5) is 26.3. The van der Waals surface area contributed by atoms with Crippen molar-refractivity contribution in [2.45, 2.75) is 53.4 Å². The fourth-order valence-electron chi connectivity index (χ4n) is 2.98. The van der Waals surface area contributed by atoms with E-state index in [1.165, 1.54) is 13.3 Å². The van der Waals surface area contributed by atoms with Crippen LogP contribution in [0.25, 0.3) is 11.5 Å². The lowest BCUT2D eigenvalue weighted by Crippen LogP contribution is -2.28. The van der Waals surface area contributed by atoms with E-state index < -0.39 is 11.9 Å². The molecule has 8 nitrogen and oxygen atoms in total. The van der Waals surface area contributed by atoms with Gasteiger partial charge in [-0.15, -0.1) is 0 Å². The maximum atomic E-state index is 12.8. The molecule has 1 amide bonds. The molecule has 3 aromatic rings. The Hall–Kier alpha value is -3.42. The lowest BCUT2D eigenvalue weighted by molar-refractivity contribution is -0.141. The van der Waals surface area contributed by atoms with Crippen molar-refractivity contribution in [3.63, 3.8) is 0 Å². The maximum Gasteiger partial charge on any atom is 0.306 e. The molecule has 1 aromatic carbocycles. The van der Waals surface area contributed by atoms with Crippen LogP contribution < -0.4 is 4.90 Å². The summed E-state index contributed by atoms with van der Waals surface area (Å²) < 4.78 is 15.3. The van der Waals surface area contributed by atoms with E-state index in [-0.39, 0.29) is 18.7 Å². The monoisotopic (exact) mass is 443 g/mol. The Morgan fingerprint density at radius 1 is 1.03 bits per heavy atom. The lowest BCUT2D eigenvalue weighted by atomic mass is 9.93. The zero-order valence-corrected chi connectivity index (χ0v) is 19.9. The molecule has 1 unspecified atom stereocenters. The number of anilines is 1. The van der Waals surface area contributed by atoms with E-state index in [0.29, 0.717) is 22.8 Å². The highest BCUT2D eigenvalue weighted by Gasteiger charge is 2.29. The van der Waals surface area contributed by atoms with E-state index >= 15 is 0 Å². The van der Waals surface area contributed by atoms with E-state index in [1.54, 1.807) is 24.9 Å². The number of hydrogen-bond donors (Lipinski definition) is 0. The van der Waals surface area contributed by atoms with Crippen molar-refractivity contribution < 1.29 is 23.4 Å². The number of ether oxygens (including phenoxy) is 1. The van der Waals surface area contributed by atoms with Crippen molar-refractivity contribution in [2.24, 2.45) is 0 Å². The molecule has 0 saturated carbocycles. The molecule has 0 aliphatic rings. The van der Waals surface area contributed by atoms with Crippen LogP contribution in [-0.4, -0.2) is 36.3 Å². The molecule has 0 aliphatic carbocycles. The number of esters is 1. The second kappa shape index (κ2) is 13.8. The van der Waals surface area contributed by atoms with Crippen LogP contribution in [0.4, 0.5) is 5.69 Å². The predicted octanol–water partition coefficient (Wildman–Crippen LogP) is 5.39. The first kappa shape index (κ1) is 26.6. The van der Waals surface area contributed by atoms with Crippen LogP contribution in [0.3, 0.4) is 0 Å². The lowest BCUT2D eigenvalue weighted by Gasteiger charge is -2.20. The van der Waals surface area contributed by atoms with Crippen LogP contribution in [0.15, 0.2) is 51.6 Å². The molecule has 0 spiro atoms. The van der Waals surface area contributed by atoms with Crippen molar-refractivity contribution >= 4 is 17.6 Å². The molecule has 1 atom stereocenters. The second-order valence-corrected chi connectivity index (χ2v) is 6.37. The number of benzene rings is 1. The summed E-state index contributed by atoms with van der Waals surface area (Å²) in [6.45, 7) is 9.80. The molecule has 0 N–H and O–H groups in total. The van der Waals surface area contributed by atoms with E-state index in [9.17, 15) is 9.59 Å². The highest BCUT2D eigenvalue weighted by atomic mass is 16.5. The zero-order chi connectivity index (χ0) is 24.1. The molecule has 174 valence electrons. The Balaban J connectivity index is 0.00000121. The third kappa shape index (κ3) is 6.80. The molecular formula is C24H33N3O5. The number of carbonyl (C=O) groups is 2. The Morgan fingerprint density at radius 3 is 2.25 bits per heavy atom. The Morgan fingerprint density at radius 2 is 1.69 bits per heavy atom. The highest BCUT2D eigenvalue weighted by molar-refractivity contribution is 5.93. The van der Waals surface area contributed by atoms with E-state index in [1.807, 2.05) is 58.0 Å². The Kier molecular flexibility index (Phi) is 11.5. The van der Waals surface area contributed by atoms with Gasteiger partial charge in [-0.05, 0) is 19.1 Å². The first-order chi connectivity index (χ1) is 15.5. The van der Waals surface area contributed by atoms with Gasteiger partial charge in [0.1, 0.15) is 0 Å². The Bertz CT molecular complexity index is 936. The van der Waals surface area contributed by atoms with Gasteiger partial charge >= 0.3 is 5.97 Å². The van der Waals surface area contributed by atoms with Gasteiger partial charge in [-0.25, -0.2) is 0 Å². The van der Waals surface area contributed by atoms with Crippen molar-refractivity contribution in [3.05, 3.63) is 53.9 Å².